The van der Waals surface area contributed by atoms with Gasteiger partial charge in [0.1, 0.15) is 5.75 Å². The summed E-state index contributed by atoms with van der Waals surface area (Å²) in [5.74, 6) is -0.203. The van der Waals surface area contributed by atoms with Crippen LogP contribution in [0, 0.1) is 11.3 Å². The first-order valence-corrected chi connectivity index (χ1v) is 7.04. The van der Waals surface area contributed by atoms with E-state index < -0.39 is 0 Å². The van der Waals surface area contributed by atoms with Crippen LogP contribution in [0.4, 0.5) is 0 Å². The molecule has 1 aliphatic carbocycles. The lowest BCUT2D eigenvalue weighted by molar-refractivity contribution is 0.101. The fourth-order valence-electron chi connectivity index (χ4n) is 2.29. The monoisotopic (exact) mass is 292 g/mol. The van der Waals surface area contributed by atoms with Crippen LogP contribution in [0.25, 0.3) is 0 Å². The number of rotatable bonds is 6. The van der Waals surface area contributed by atoms with E-state index in [4.69, 9.17) is 16.9 Å². The van der Waals surface area contributed by atoms with Crippen LogP contribution >= 0.6 is 11.6 Å². The molecule has 0 atom stereocenters. The Balaban J connectivity index is 2.23. The zero-order valence-corrected chi connectivity index (χ0v) is 12.2. The van der Waals surface area contributed by atoms with Crippen LogP contribution in [0.3, 0.4) is 0 Å². The van der Waals surface area contributed by atoms with Gasteiger partial charge in [-0.05, 0) is 31.9 Å². The standard InChI is InChI=1S/C15H17ClN2O2/c1-10(19)14-8-12(16)7-11(15(14)20)9-18(6-2-5-17)13-3-4-13/h7-8,13,20H,2-4,6,9H2,1H3. The van der Waals surface area contributed by atoms with E-state index in [0.717, 1.165) is 12.8 Å². The maximum Gasteiger partial charge on any atom is 0.163 e. The van der Waals surface area contributed by atoms with E-state index in [1.165, 1.54) is 13.0 Å². The third-order valence-corrected chi connectivity index (χ3v) is 3.70. The van der Waals surface area contributed by atoms with Crippen LogP contribution in [0.1, 0.15) is 42.1 Å². The molecule has 2 rings (SSSR count). The SMILES string of the molecule is CC(=O)c1cc(Cl)cc(CN(CCC#N)C2CC2)c1O. The van der Waals surface area contributed by atoms with E-state index in [1.54, 1.807) is 6.07 Å². The van der Waals surface area contributed by atoms with Crippen LogP contribution in [-0.4, -0.2) is 28.4 Å². The number of nitriles is 1. The fourth-order valence-corrected chi connectivity index (χ4v) is 2.53. The van der Waals surface area contributed by atoms with E-state index in [-0.39, 0.29) is 17.1 Å². The molecule has 1 N–H and O–H groups in total. The topological polar surface area (TPSA) is 64.3 Å². The summed E-state index contributed by atoms with van der Waals surface area (Å²) in [6.45, 7) is 2.59. The molecule has 0 saturated heterocycles. The van der Waals surface area contributed by atoms with Crippen molar-refractivity contribution in [3.05, 3.63) is 28.3 Å². The summed E-state index contributed by atoms with van der Waals surface area (Å²) < 4.78 is 0. The molecule has 5 heteroatoms. The lowest BCUT2D eigenvalue weighted by Gasteiger charge is -2.22. The lowest BCUT2D eigenvalue weighted by Crippen LogP contribution is -2.26. The van der Waals surface area contributed by atoms with Gasteiger partial charge < -0.3 is 5.11 Å². The number of Topliss-reactive ketones (excluding diaryl/α,β-unsaturated/α-hetero) is 1. The Morgan fingerprint density at radius 2 is 2.25 bits per heavy atom. The van der Waals surface area contributed by atoms with Gasteiger partial charge in [0.25, 0.3) is 0 Å². The predicted molar refractivity (Wildman–Crippen MR) is 76.8 cm³/mol. The van der Waals surface area contributed by atoms with Crippen LogP contribution < -0.4 is 0 Å². The van der Waals surface area contributed by atoms with E-state index in [1.807, 2.05) is 0 Å². The van der Waals surface area contributed by atoms with Crippen molar-refractivity contribution in [2.75, 3.05) is 6.54 Å². The van der Waals surface area contributed by atoms with Gasteiger partial charge in [0, 0.05) is 36.1 Å². The van der Waals surface area contributed by atoms with Crippen LogP contribution in [0.15, 0.2) is 12.1 Å². The van der Waals surface area contributed by atoms with Crippen molar-refractivity contribution in [3.63, 3.8) is 0 Å². The van der Waals surface area contributed by atoms with Gasteiger partial charge in [-0.25, -0.2) is 0 Å². The van der Waals surface area contributed by atoms with Gasteiger partial charge in [-0.1, -0.05) is 11.6 Å². The largest absolute Gasteiger partial charge is 0.507 e. The quantitative estimate of drug-likeness (QED) is 0.818. The number of phenolic OH excluding ortho intramolecular Hbond substituents is 1. The Morgan fingerprint density at radius 1 is 1.55 bits per heavy atom. The minimum absolute atomic E-state index is 0.00417. The molecule has 0 aliphatic heterocycles. The highest BCUT2D eigenvalue weighted by molar-refractivity contribution is 6.31. The minimum Gasteiger partial charge on any atom is -0.507 e. The number of ketones is 1. The smallest absolute Gasteiger partial charge is 0.163 e. The molecule has 0 radical (unpaired) electrons. The van der Waals surface area contributed by atoms with E-state index in [9.17, 15) is 9.90 Å². The Hall–Kier alpha value is -1.57. The number of hydrogen-bond acceptors (Lipinski definition) is 4. The van der Waals surface area contributed by atoms with Crippen molar-refractivity contribution in [2.45, 2.75) is 38.8 Å². The van der Waals surface area contributed by atoms with Gasteiger partial charge in [0.05, 0.1) is 11.6 Å². The number of halogens is 1. The molecular weight excluding hydrogens is 276 g/mol. The number of carbonyl (C=O) groups excluding carboxylic acids is 1. The summed E-state index contributed by atoms with van der Waals surface area (Å²) in [6, 6.07) is 5.78. The molecule has 20 heavy (non-hydrogen) atoms. The fraction of sp³-hybridized carbons (Fsp3) is 0.467. The summed E-state index contributed by atoms with van der Waals surface area (Å²) >= 11 is 6.01. The van der Waals surface area contributed by atoms with Crippen LogP contribution in [0.5, 0.6) is 5.75 Å². The number of phenols is 1. The number of aromatic hydroxyl groups is 1. The Morgan fingerprint density at radius 3 is 2.80 bits per heavy atom. The molecule has 1 aliphatic rings. The minimum atomic E-state index is -0.207. The van der Waals surface area contributed by atoms with Crippen molar-refractivity contribution in [1.82, 2.24) is 4.90 Å². The molecule has 106 valence electrons. The molecule has 0 spiro atoms. The van der Waals surface area contributed by atoms with Crippen molar-refractivity contribution in [2.24, 2.45) is 0 Å². The molecule has 0 amide bonds. The van der Waals surface area contributed by atoms with Crippen LogP contribution in [0.2, 0.25) is 5.02 Å². The molecule has 0 bridgehead atoms. The average Bonchev–Trinajstić information content (AvgIpc) is 3.22. The maximum absolute atomic E-state index is 11.5. The first-order valence-electron chi connectivity index (χ1n) is 6.66. The second-order valence-corrected chi connectivity index (χ2v) is 5.56. The zero-order valence-electron chi connectivity index (χ0n) is 11.4. The average molecular weight is 293 g/mol. The number of nitrogens with zero attached hydrogens (tertiary/aromatic N) is 2. The molecule has 1 fully saturated rings. The molecular formula is C15H17ClN2O2. The second-order valence-electron chi connectivity index (χ2n) is 5.13. The maximum atomic E-state index is 11.5. The third-order valence-electron chi connectivity index (χ3n) is 3.48. The van der Waals surface area contributed by atoms with E-state index >= 15 is 0 Å². The molecule has 0 aromatic heterocycles. The molecule has 4 nitrogen and oxygen atoms in total. The van der Waals surface area contributed by atoms with Gasteiger partial charge >= 0.3 is 0 Å². The first kappa shape index (κ1) is 14.8. The van der Waals surface area contributed by atoms with Gasteiger partial charge in [0.15, 0.2) is 5.78 Å². The number of hydrogen-bond donors (Lipinski definition) is 1. The Kier molecular flexibility index (Phi) is 4.64. The third kappa shape index (κ3) is 3.50. The highest BCUT2D eigenvalue weighted by Crippen LogP contribution is 2.33. The Bertz CT molecular complexity index is 562. The molecule has 0 unspecified atom stereocenters. The van der Waals surface area contributed by atoms with Gasteiger partial charge in [-0.2, -0.15) is 5.26 Å². The number of benzene rings is 1. The predicted octanol–water partition coefficient (Wildman–Crippen LogP) is 3.13. The summed E-state index contributed by atoms with van der Waals surface area (Å²) in [7, 11) is 0. The van der Waals surface area contributed by atoms with Crippen molar-refractivity contribution in [3.8, 4) is 11.8 Å². The zero-order chi connectivity index (χ0) is 14.7. The highest BCUT2D eigenvalue weighted by Gasteiger charge is 2.29. The summed E-state index contributed by atoms with van der Waals surface area (Å²) in [4.78, 5) is 13.7. The Labute approximate surface area is 123 Å². The molecule has 0 heterocycles. The van der Waals surface area contributed by atoms with Crippen molar-refractivity contribution in [1.29, 1.82) is 5.26 Å². The summed E-state index contributed by atoms with van der Waals surface area (Å²) in [5.41, 5.74) is 0.899. The van der Waals surface area contributed by atoms with Crippen LogP contribution in [-0.2, 0) is 6.54 Å². The van der Waals surface area contributed by atoms with E-state index in [0.29, 0.717) is 36.1 Å². The lowest BCUT2D eigenvalue weighted by atomic mass is 10.1. The molecule has 1 aromatic carbocycles. The molecule has 1 aromatic rings. The van der Waals surface area contributed by atoms with Gasteiger partial charge in [-0.15, -0.1) is 0 Å². The highest BCUT2D eigenvalue weighted by atomic mass is 35.5. The summed E-state index contributed by atoms with van der Waals surface area (Å²) in [6.07, 6.45) is 2.69. The molecule has 1 saturated carbocycles. The van der Waals surface area contributed by atoms with Gasteiger partial charge in [0.2, 0.25) is 0 Å². The number of carbonyl (C=O) groups is 1. The normalized spacial score (nSPS) is 14.3. The van der Waals surface area contributed by atoms with Gasteiger partial charge in [-0.3, -0.25) is 9.69 Å². The van der Waals surface area contributed by atoms with E-state index in [2.05, 4.69) is 11.0 Å². The second kappa shape index (κ2) is 6.25. The van der Waals surface area contributed by atoms with Crippen molar-refractivity contribution < 1.29 is 9.90 Å². The first-order chi connectivity index (χ1) is 9.52. The summed E-state index contributed by atoms with van der Waals surface area (Å²) in [5, 5.41) is 19.3. The van der Waals surface area contributed by atoms with Crippen molar-refractivity contribution >= 4 is 17.4 Å².